The third kappa shape index (κ3) is 3.88. The summed E-state index contributed by atoms with van der Waals surface area (Å²) in [4.78, 5) is 10.8. The topological polar surface area (TPSA) is 29.1 Å². The minimum atomic E-state index is -2.45. The molecule has 1 aromatic rings. The average molecular weight is 293 g/mol. The van der Waals surface area contributed by atoms with Gasteiger partial charge in [0.25, 0.3) is 0 Å². The quantitative estimate of drug-likeness (QED) is 0.840. The van der Waals surface area contributed by atoms with E-state index in [9.17, 15) is 13.6 Å². The van der Waals surface area contributed by atoms with Gasteiger partial charge in [0, 0.05) is 30.5 Å². The Bertz CT molecular complexity index is 507. The molecule has 2 aliphatic rings. The van der Waals surface area contributed by atoms with Gasteiger partial charge in [-0.1, -0.05) is 18.2 Å². The van der Waals surface area contributed by atoms with E-state index in [-0.39, 0.29) is 18.9 Å². The Labute approximate surface area is 123 Å². The summed E-state index contributed by atoms with van der Waals surface area (Å²) >= 11 is 0. The second-order valence-electron chi connectivity index (χ2n) is 6.47. The molecule has 0 aromatic heterocycles. The first kappa shape index (κ1) is 14.6. The molecule has 2 aliphatic carbocycles. The fourth-order valence-corrected chi connectivity index (χ4v) is 3.28. The number of carbonyl (C=O) groups excluding carboxylic acids is 1. The number of nitrogens with one attached hydrogen (secondary N) is 1. The van der Waals surface area contributed by atoms with Gasteiger partial charge in [-0.15, -0.1) is 0 Å². The van der Waals surface area contributed by atoms with Gasteiger partial charge >= 0.3 is 0 Å². The molecule has 2 unspecified atom stereocenters. The number of alkyl halides is 2. The SMILES string of the molecule is O=Cc1cccc(CC2CC2NC2CCC(F)(F)CC2)c1. The van der Waals surface area contributed by atoms with Crippen LogP contribution in [0, 0.1) is 5.92 Å². The molecule has 0 heterocycles. The first-order chi connectivity index (χ1) is 10.1. The Hall–Kier alpha value is -1.29. The van der Waals surface area contributed by atoms with Crippen molar-refractivity contribution in [2.24, 2.45) is 5.92 Å². The van der Waals surface area contributed by atoms with Crippen LogP contribution >= 0.6 is 0 Å². The van der Waals surface area contributed by atoms with Crippen molar-refractivity contribution < 1.29 is 13.6 Å². The molecule has 2 nitrogen and oxygen atoms in total. The molecular weight excluding hydrogens is 272 g/mol. The number of halogens is 2. The first-order valence-electron chi connectivity index (χ1n) is 7.74. The van der Waals surface area contributed by atoms with E-state index in [0.29, 0.717) is 30.4 Å². The number of carbonyl (C=O) groups is 1. The van der Waals surface area contributed by atoms with Crippen LogP contribution in [0.2, 0.25) is 0 Å². The summed E-state index contributed by atoms with van der Waals surface area (Å²) < 4.78 is 26.2. The number of rotatable bonds is 5. The molecule has 2 fully saturated rings. The summed E-state index contributed by atoms with van der Waals surface area (Å²) in [5.41, 5.74) is 1.90. The Morgan fingerprint density at radius 2 is 2.05 bits per heavy atom. The van der Waals surface area contributed by atoms with Crippen molar-refractivity contribution in [1.82, 2.24) is 5.32 Å². The lowest BCUT2D eigenvalue weighted by molar-refractivity contribution is -0.0406. The summed E-state index contributed by atoms with van der Waals surface area (Å²) in [6, 6.07) is 8.41. The molecule has 0 amide bonds. The molecule has 1 aromatic carbocycles. The maximum absolute atomic E-state index is 13.1. The van der Waals surface area contributed by atoms with Crippen LogP contribution in [0.3, 0.4) is 0 Å². The Balaban J connectivity index is 1.45. The summed E-state index contributed by atoms with van der Waals surface area (Å²) in [6.45, 7) is 0. The molecule has 0 aliphatic heterocycles. The maximum atomic E-state index is 13.1. The summed E-state index contributed by atoms with van der Waals surface area (Å²) in [6.07, 6.45) is 4.13. The summed E-state index contributed by atoms with van der Waals surface area (Å²) in [5.74, 6) is -1.87. The minimum absolute atomic E-state index is 0.0173. The molecule has 114 valence electrons. The zero-order valence-corrected chi connectivity index (χ0v) is 12.0. The Morgan fingerprint density at radius 1 is 1.29 bits per heavy atom. The van der Waals surface area contributed by atoms with E-state index < -0.39 is 5.92 Å². The molecule has 21 heavy (non-hydrogen) atoms. The molecule has 0 saturated heterocycles. The second-order valence-corrected chi connectivity index (χ2v) is 6.47. The highest BCUT2D eigenvalue weighted by atomic mass is 19.3. The number of hydrogen-bond donors (Lipinski definition) is 1. The van der Waals surface area contributed by atoms with Crippen LogP contribution in [0.5, 0.6) is 0 Å². The Morgan fingerprint density at radius 3 is 2.76 bits per heavy atom. The van der Waals surface area contributed by atoms with E-state index in [0.717, 1.165) is 19.1 Å². The second kappa shape index (κ2) is 5.84. The summed E-state index contributed by atoms with van der Waals surface area (Å²) in [7, 11) is 0. The predicted molar refractivity (Wildman–Crippen MR) is 77.8 cm³/mol. The van der Waals surface area contributed by atoms with Crippen LogP contribution in [-0.2, 0) is 6.42 Å². The van der Waals surface area contributed by atoms with Crippen molar-refractivity contribution in [1.29, 1.82) is 0 Å². The standard InChI is InChI=1S/C17H21F2NO/c18-17(19)6-4-15(5-7-17)20-16-10-14(16)9-12-2-1-3-13(8-12)11-21/h1-3,8,11,14-16,20H,4-7,9-10H2. The molecule has 1 N–H and O–H groups in total. The van der Waals surface area contributed by atoms with Crippen LogP contribution in [0.15, 0.2) is 24.3 Å². The summed E-state index contributed by atoms with van der Waals surface area (Å²) in [5, 5.41) is 3.53. The van der Waals surface area contributed by atoms with Crippen molar-refractivity contribution in [2.45, 2.75) is 56.5 Å². The van der Waals surface area contributed by atoms with Crippen LogP contribution in [-0.4, -0.2) is 24.3 Å². The van der Waals surface area contributed by atoms with Gasteiger partial charge in [0.15, 0.2) is 0 Å². The predicted octanol–water partition coefficient (Wildman–Crippen LogP) is 3.60. The van der Waals surface area contributed by atoms with E-state index in [1.54, 1.807) is 6.07 Å². The van der Waals surface area contributed by atoms with E-state index in [1.165, 1.54) is 5.56 Å². The van der Waals surface area contributed by atoms with Gasteiger partial charge in [0.1, 0.15) is 6.29 Å². The fourth-order valence-electron chi connectivity index (χ4n) is 3.28. The van der Waals surface area contributed by atoms with Gasteiger partial charge in [-0.25, -0.2) is 8.78 Å². The highest BCUT2D eigenvalue weighted by Crippen LogP contribution is 2.38. The zero-order chi connectivity index (χ0) is 14.9. The first-order valence-corrected chi connectivity index (χ1v) is 7.74. The van der Waals surface area contributed by atoms with Gasteiger partial charge in [0.05, 0.1) is 0 Å². The zero-order valence-electron chi connectivity index (χ0n) is 12.0. The van der Waals surface area contributed by atoms with Crippen LogP contribution < -0.4 is 5.32 Å². The lowest BCUT2D eigenvalue weighted by Crippen LogP contribution is -2.38. The van der Waals surface area contributed by atoms with E-state index in [2.05, 4.69) is 5.32 Å². The smallest absolute Gasteiger partial charge is 0.248 e. The van der Waals surface area contributed by atoms with Gasteiger partial charge in [-0.3, -0.25) is 4.79 Å². The van der Waals surface area contributed by atoms with Crippen LogP contribution in [0.4, 0.5) is 8.78 Å². The maximum Gasteiger partial charge on any atom is 0.248 e. The van der Waals surface area contributed by atoms with Crippen molar-refractivity contribution in [3.05, 3.63) is 35.4 Å². The minimum Gasteiger partial charge on any atom is -0.311 e. The van der Waals surface area contributed by atoms with Crippen LogP contribution in [0.25, 0.3) is 0 Å². The van der Waals surface area contributed by atoms with E-state index >= 15 is 0 Å². The fraction of sp³-hybridized carbons (Fsp3) is 0.588. The van der Waals surface area contributed by atoms with Crippen molar-refractivity contribution in [3.63, 3.8) is 0 Å². The van der Waals surface area contributed by atoms with E-state index in [1.807, 2.05) is 18.2 Å². The molecule has 0 bridgehead atoms. The molecule has 3 rings (SSSR count). The molecule has 2 saturated carbocycles. The lowest BCUT2D eigenvalue weighted by atomic mass is 9.92. The van der Waals surface area contributed by atoms with Crippen LogP contribution in [0.1, 0.15) is 48.0 Å². The van der Waals surface area contributed by atoms with Gasteiger partial charge < -0.3 is 5.32 Å². The van der Waals surface area contributed by atoms with Crippen molar-refractivity contribution in [3.8, 4) is 0 Å². The molecule has 2 atom stereocenters. The number of benzene rings is 1. The van der Waals surface area contributed by atoms with Gasteiger partial charge in [-0.2, -0.15) is 0 Å². The van der Waals surface area contributed by atoms with Gasteiger partial charge in [-0.05, 0) is 43.2 Å². The van der Waals surface area contributed by atoms with Gasteiger partial charge in [0.2, 0.25) is 5.92 Å². The molecule has 0 radical (unpaired) electrons. The highest BCUT2D eigenvalue weighted by Gasteiger charge is 2.41. The molecular formula is C17H21F2NO. The largest absolute Gasteiger partial charge is 0.311 e. The average Bonchev–Trinajstić information content (AvgIpc) is 3.19. The van der Waals surface area contributed by atoms with Crippen molar-refractivity contribution >= 4 is 6.29 Å². The lowest BCUT2D eigenvalue weighted by Gasteiger charge is -2.29. The number of aldehydes is 1. The highest BCUT2D eigenvalue weighted by molar-refractivity contribution is 5.74. The molecule has 0 spiro atoms. The number of hydrogen-bond acceptors (Lipinski definition) is 2. The third-order valence-corrected chi connectivity index (χ3v) is 4.67. The third-order valence-electron chi connectivity index (χ3n) is 4.67. The molecule has 4 heteroatoms. The monoisotopic (exact) mass is 293 g/mol. The normalized spacial score (nSPS) is 28.3. The van der Waals surface area contributed by atoms with E-state index in [4.69, 9.17) is 0 Å². The Kier molecular flexibility index (Phi) is 4.07. The van der Waals surface area contributed by atoms with Crippen molar-refractivity contribution in [2.75, 3.05) is 0 Å².